The topological polar surface area (TPSA) is 88.2 Å². The van der Waals surface area contributed by atoms with E-state index in [4.69, 9.17) is 9.63 Å². The zero-order chi connectivity index (χ0) is 14.0. The van der Waals surface area contributed by atoms with Crippen molar-refractivity contribution >= 4 is 11.7 Å². The van der Waals surface area contributed by atoms with Crippen LogP contribution in [0.2, 0.25) is 0 Å². The van der Waals surface area contributed by atoms with Crippen LogP contribution in [0.1, 0.15) is 22.1 Å². The molecule has 0 aliphatic carbocycles. The molecule has 2 aromatic rings. The van der Waals surface area contributed by atoms with Gasteiger partial charge in [0.05, 0.1) is 17.8 Å². The molecule has 0 fully saturated rings. The first-order valence-electron chi connectivity index (χ1n) is 5.23. The van der Waals surface area contributed by atoms with Crippen molar-refractivity contribution in [3.8, 4) is 0 Å². The van der Waals surface area contributed by atoms with Crippen molar-refractivity contribution < 1.29 is 23.2 Å². The normalized spacial score (nSPS) is 10.5. The van der Waals surface area contributed by atoms with Crippen LogP contribution < -0.4 is 5.32 Å². The average Bonchev–Trinajstić information content (AvgIpc) is 2.76. The van der Waals surface area contributed by atoms with Crippen LogP contribution in [-0.2, 0) is 6.54 Å². The van der Waals surface area contributed by atoms with E-state index in [0.29, 0.717) is 5.82 Å². The van der Waals surface area contributed by atoms with Gasteiger partial charge in [0.1, 0.15) is 0 Å². The second-order valence-electron chi connectivity index (χ2n) is 3.68. The maximum Gasteiger partial charge on any atom is 0.338 e. The number of nitrogens with one attached hydrogen (secondary N) is 1. The summed E-state index contributed by atoms with van der Waals surface area (Å²) in [4.78, 5) is 14.5. The third kappa shape index (κ3) is 2.67. The molecule has 1 aromatic heterocycles. The van der Waals surface area contributed by atoms with Crippen molar-refractivity contribution in [1.82, 2.24) is 10.1 Å². The molecule has 2 N–H and O–H groups in total. The zero-order valence-corrected chi connectivity index (χ0v) is 9.78. The molecule has 0 radical (unpaired) electrons. The first-order chi connectivity index (χ1) is 8.99. The SMILES string of the molecule is Cc1noc(CNc2ccc(C(=O)O)c(F)c2F)n1. The lowest BCUT2D eigenvalue weighted by Gasteiger charge is -2.07. The lowest BCUT2D eigenvalue weighted by Crippen LogP contribution is -2.07. The lowest BCUT2D eigenvalue weighted by molar-refractivity contribution is 0.0690. The number of carbonyl (C=O) groups is 1. The highest BCUT2D eigenvalue weighted by Crippen LogP contribution is 2.21. The minimum absolute atomic E-state index is 0.00359. The molecule has 0 amide bonds. The Morgan fingerprint density at radius 1 is 1.42 bits per heavy atom. The van der Waals surface area contributed by atoms with Crippen LogP contribution in [0.25, 0.3) is 0 Å². The van der Waals surface area contributed by atoms with E-state index in [2.05, 4.69) is 15.5 Å². The van der Waals surface area contributed by atoms with Crippen molar-refractivity contribution in [3.05, 3.63) is 41.0 Å². The fourth-order valence-electron chi connectivity index (χ4n) is 1.43. The average molecular weight is 269 g/mol. The van der Waals surface area contributed by atoms with E-state index < -0.39 is 23.2 Å². The molecule has 100 valence electrons. The summed E-state index contributed by atoms with van der Waals surface area (Å²) < 4.78 is 31.7. The van der Waals surface area contributed by atoms with Crippen LogP contribution in [-0.4, -0.2) is 21.2 Å². The van der Waals surface area contributed by atoms with Crippen molar-refractivity contribution in [1.29, 1.82) is 0 Å². The van der Waals surface area contributed by atoms with E-state index in [-0.39, 0.29) is 18.1 Å². The maximum absolute atomic E-state index is 13.6. The van der Waals surface area contributed by atoms with E-state index in [1.165, 1.54) is 0 Å². The molecule has 6 nitrogen and oxygen atoms in total. The molecule has 0 saturated carbocycles. The van der Waals surface area contributed by atoms with E-state index in [0.717, 1.165) is 12.1 Å². The van der Waals surface area contributed by atoms with Gasteiger partial charge < -0.3 is 14.9 Å². The third-order valence-electron chi connectivity index (χ3n) is 2.31. The Morgan fingerprint density at radius 2 is 2.16 bits per heavy atom. The number of carboxylic acid groups (broad SMARTS) is 1. The smallest absolute Gasteiger partial charge is 0.338 e. The lowest BCUT2D eigenvalue weighted by atomic mass is 10.2. The number of aromatic nitrogens is 2. The Hall–Kier alpha value is -2.51. The van der Waals surface area contributed by atoms with Gasteiger partial charge in [-0.2, -0.15) is 4.98 Å². The molecule has 19 heavy (non-hydrogen) atoms. The molecule has 0 spiro atoms. The van der Waals surface area contributed by atoms with Crippen LogP contribution >= 0.6 is 0 Å². The molecular formula is C11H9F2N3O3. The van der Waals surface area contributed by atoms with Gasteiger partial charge in [0.2, 0.25) is 5.89 Å². The summed E-state index contributed by atoms with van der Waals surface area (Å²) in [6, 6.07) is 2.10. The monoisotopic (exact) mass is 269 g/mol. The maximum atomic E-state index is 13.6. The van der Waals surface area contributed by atoms with Gasteiger partial charge in [0.25, 0.3) is 0 Å². The molecule has 0 aliphatic rings. The van der Waals surface area contributed by atoms with Crippen LogP contribution in [0.3, 0.4) is 0 Å². The minimum atomic E-state index is -1.53. The number of aryl methyl sites for hydroxylation is 1. The second kappa shape index (κ2) is 5.01. The molecule has 2 rings (SSSR count). The number of rotatable bonds is 4. The van der Waals surface area contributed by atoms with Crippen molar-refractivity contribution in [2.45, 2.75) is 13.5 Å². The van der Waals surface area contributed by atoms with Gasteiger partial charge in [-0.15, -0.1) is 0 Å². The summed E-state index contributed by atoms with van der Waals surface area (Å²) in [6.45, 7) is 1.62. The molecule has 0 atom stereocenters. The Bertz CT molecular complexity index is 628. The molecule has 0 saturated heterocycles. The summed E-state index contributed by atoms with van der Waals surface area (Å²) in [5.41, 5.74) is -0.907. The number of nitrogens with zero attached hydrogens (tertiary/aromatic N) is 2. The van der Waals surface area contributed by atoms with E-state index in [1.807, 2.05) is 0 Å². The predicted molar refractivity (Wildman–Crippen MR) is 59.7 cm³/mol. The zero-order valence-electron chi connectivity index (χ0n) is 9.78. The fraction of sp³-hybridized carbons (Fsp3) is 0.182. The van der Waals surface area contributed by atoms with E-state index in [1.54, 1.807) is 6.92 Å². The summed E-state index contributed by atoms with van der Waals surface area (Å²) in [5.74, 6) is -3.59. The highest BCUT2D eigenvalue weighted by molar-refractivity contribution is 5.88. The first kappa shape index (κ1) is 12.9. The molecule has 1 heterocycles. The largest absolute Gasteiger partial charge is 0.478 e. The second-order valence-corrected chi connectivity index (χ2v) is 3.68. The highest BCUT2D eigenvalue weighted by atomic mass is 19.2. The molecule has 0 aliphatic heterocycles. The Balaban J connectivity index is 2.17. The molecule has 0 bridgehead atoms. The summed E-state index contributed by atoms with van der Waals surface area (Å²) in [7, 11) is 0. The van der Waals surface area contributed by atoms with Gasteiger partial charge in [-0.1, -0.05) is 5.16 Å². The van der Waals surface area contributed by atoms with Crippen molar-refractivity contribution in [3.63, 3.8) is 0 Å². The summed E-state index contributed by atoms with van der Waals surface area (Å²) in [5, 5.41) is 14.7. The first-order valence-corrected chi connectivity index (χ1v) is 5.23. The van der Waals surface area contributed by atoms with E-state index >= 15 is 0 Å². The van der Waals surface area contributed by atoms with Gasteiger partial charge in [-0.05, 0) is 19.1 Å². The van der Waals surface area contributed by atoms with Crippen molar-refractivity contribution in [2.75, 3.05) is 5.32 Å². The standard InChI is InChI=1S/C11H9F2N3O3/c1-5-15-8(19-16-5)4-14-7-3-2-6(11(17)18)9(12)10(7)13/h2-3,14H,4H2,1H3,(H,17,18). The van der Waals surface area contributed by atoms with E-state index in [9.17, 15) is 13.6 Å². The number of carboxylic acids is 1. The molecule has 0 unspecified atom stereocenters. The van der Waals surface area contributed by atoms with Gasteiger partial charge in [-0.25, -0.2) is 13.6 Å². The van der Waals surface area contributed by atoms with Gasteiger partial charge in [0.15, 0.2) is 17.5 Å². The van der Waals surface area contributed by atoms with Crippen LogP contribution in [0.4, 0.5) is 14.5 Å². The fourth-order valence-corrected chi connectivity index (χ4v) is 1.43. The molecular weight excluding hydrogens is 260 g/mol. The summed E-state index contributed by atoms with van der Waals surface area (Å²) >= 11 is 0. The number of hydrogen-bond donors (Lipinski definition) is 2. The molecule has 1 aromatic carbocycles. The van der Waals surface area contributed by atoms with Gasteiger partial charge in [0, 0.05) is 0 Å². The van der Waals surface area contributed by atoms with Crippen LogP contribution in [0.15, 0.2) is 16.7 Å². The summed E-state index contributed by atoms with van der Waals surface area (Å²) in [6.07, 6.45) is 0. The van der Waals surface area contributed by atoms with Crippen LogP contribution in [0, 0.1) is 18.6 Å². The third-order valence-corrected chi connectivity index (χ3v) is 2.31. The highest BCUT2D eigenvalue weighted by Gasteiger charge is 2.18. The number of hydrogen-bond acceptors (Lipinski definition) is 5. The van der Waals surface area contributed by atoms with Gasteiger partial charge >= 0.3 is 5.97 Å². The molecule has 8 heteroatoms. The van der Waals surface area contributed by atoms with Gasteiger partial charge in [-0.3, -0.25) is 0 Å². The van der Waals surface area contributed by atoms with Crippen molar-refractivity contribution in [2.24, 2.45) is 0 Å². The number of anilines is 1. The predicted octanol–water partition coefficient (Wildman–Crippen LogP) is 1.97. The van der Waals surface area contributed by atoms with Crippen LogP contribution in [0.5, 0.6) is 0 Å². The quantitative estimate of drug-likeness (QED) is 0.882. The number of aromatic carboxylic acids is 1. The Labute approximate surface area is 106 Å². The Kier molecular flexibility index (Phi) is 3.41. The number of benzene rings is 1. The minimum Gasteiger partial charge on any atom is -0.478 e. The number of halogens is 2. The Morgan fingerprint density at radius 3 is 2.74 bits per heavy atom.